The minimum atomic E-state index is 0.320. The van der Waals surface area contributed by atoms with E-state index in [-0.39, 0.29) is 0 Å². The van der Waals surface area contributed by atoms with Gasteiger partial charge in [-0.1, -0.05) is 6.92 Å². The third kappa shape index (κ3) is 3.12. The molecule has 5 heteroatoms. The fourth-order valence-electron chi connectivity index (χ4n) is 3.04. The Morgan fingerprint density at radius 3 is 2.71 bits per heavy atom. The van der Waals surface area contributed by atoms with Gasteiger partial charge in [0.25, 0.3) is 0 Å². The first kappa shape index (κ1) is 16.5. The molecule has 0 fully saturated rings. The number of benzene rings is 1. The molecule has 1 aromatic carbocycles. The zero-order chi connectivity index (χ0) is 17.3. The summed E-state index contributed by atoms with van der Waals surface area (Å²) in [5.74, 6) is 0.320. The van der Waals surface area contributed by atoms with Gasteiger partial charge in [0.2, 0.25) is 0 Å². The van der Waals surface area contributed by atoms with E-state index in [0.29, 0.717) is 12.3 Å². The van der Waals surface area contributed by atoms with Gasteiger partial charge in [0.15, 0.2) is 0 Å². The Bertz CT molecular complexity index is 867. The molecule has 5 nitrogen and oxygen atoms in total. The molecule has 0 aliphatic heterocycles. The van der Waals surface area contributed by atoms with Gasteiger partial charge in [-0.05, 0) is 57.3 Å². The maximum absolute atomic E-state index is 10.1. The summed E-state index contributed by atoms with van der Waals surface area (Å²) >= 11 is 0. The average Bonchev–Trinajstić information content (AvgIpc) is 2.93. The van der Waals surface area contributed by atoms with E-state index in [2.05, 4.69) is 25.0 Å². The highest BCUT2D eigenvalue weighted by molar-refractivity contribution is 5.81. The van der Waals surface area contributed by atoms with Crippen LogP contribution in [-0.4, -0.2) is 38.9 Å². The van der Waals surface area contributed by atoms with E-state index in [0.717, 1.165) is 40.8 Å². The summed E-state index contributed by atoms with van der Waals surface area (Å²) in [6.45, 7) is 5.84. The third-order valence-corrected chi connectivity index (χ3v) is 4.09. The quantitative estimate of drug-likeness (QED) is 0.779. The van der Waals surface area contributed by atoms with Crippen molar-refractivity contribution in [3.63, 3.8) is 0 Å². The summed E-state index contributed by atoms with van der Waals surface area (Å²) < 4.78 is 2.02. The first-order valence-corrected chi connectivity index (χ1v) is 8.29. The molecule has 24 heavy (non-hydrogen) atoms. The molecule has 0 atom stereocenters. The van der Waals surface area contributed by atoms with Crippen LogP contribution in [0, 0.1) is 6.92 Å². The zero-order valence-electron chi connectivity index (χ0n) is 14.7. The second-order valence-corrected chi connectivity index (χ2v) is 6.51. The number of phenolic OH excluding ortho intramolecular Hbond substituents is 1. The van der Waals surface area contributed by atoms with Gasteiger partial charge in [-0.15, -0.1) is 0 Å². The molecule has 0 aliphatic rings. The lowest BCUT2D eigenvalue weighted by atomic mass is 10.0. The predicted octanol–water partition coefficient (Wildman–Crippen LogP) is 3.58. The fraction of sp³-hybridized carbons (Fsp3) is 0.368. The molecular weight excluding hydrogens is 300 g/mol. The number of aromatic hydroxyl groups is 1. The Hall–Kier alpha value is -2.40. The summed E-state index contributed by atoms with van der Waals surface area (Å²) in [6.07, 6.45) is 2.88. The Morgan fingerprint density at radius 2 is 2.00 bits per heavy atom. The monoisotopic (exact) mass is 324 g/mol. The number of rotatable bonds is 5. The van der Waals surface area contributed by atoms with Gasteiger partial charge in [0.1, 0.15) is 11.3 Å². The van der Waals surface area contributed by atoms with Crippen molar-refractivity contribution in [2.24, 2.45) is 0 Å². The molecule has 1 N–H and O–H groups in total. The molecule has 2 aromatic heterocycles. The number of fused-ring (bicyclic) bond motifs is 1. The van der Waals surface area contributed by atoms with Crippen LogP contribution < -0.4 is 0 Å². The molecule has 2 heterocycles. The molecule has 0 saturated carbocycles. The van der Waals surface area contributed by atoms with Crippen LogP contribution >= 0.6 is 0 Å². The molecule has 0 amide bonds. The Labute approximate surface area is 142 Å². The highest BCUT2D eigenvalue weighted by atomic mass is 16.3. The van der Waals surface area contributed by atoms with Crippen LogP contribution in [-0.2, 0) is 13.1 Å². The van der Waals surface area contributed by atoms with Gasteiger partial charge in [-0.3, -0.25) is 4.68 Å². The van der Waals surface area contributed by atoms with Crippen molar-refractivity contribution in [2.75, 3.05) is 14.1 Å². The van der Waals surface area contributed by atoms with Crippen molar-refractivity contribution in [1.82, 2.24) is 19.7 Å². The second-order valence-electron chi connectivity index (χ2n) is 6.51. The maximum Gasteiger partial charge on any atom is 0.120 e. The minimum Gasteiger partial charge on any atom is -0.508 e. The lowest BCUT2D eigenvalue weighted by Crippen LogP contribution is -2.10. The second kappa shape index (κ2) is 6.61. The Morgan fingerprint density at radius 1 is 1.21 bits per heavy atom. The first-order chi connectivity index (χ1) is 11.5. The fourth-order valence-corrected chi connectivity index (χ4v) is 3.04. The molecule has 0 radical (unpaired) electrons. The molecule has 0 spiro atoms. The number of hydrogen-bond donors (Lipinski definition) is 1. The van der Waals surface area contributed by atoms with Crippen LogP contribution in [0.1, 0.15) is 24.5 Å². The number of aromatic nitrogens is 3. The number of pyridine rings is 1. The van der Waals surface area contributed by atoms with Crippen LogP contribution in [0.2, 0.25) is 0 Å². The van der Waals surface area contributed by atoms with Crippen molar-refractivity contribution in [1.29, 1.82) is 0 Å². The summed E-state index contributed by atoms with van der Waals surface area (Å²) in [7, 11) is 3.98. The van der Waals surface area contributed by atoms with Gasteiger partial charge < -0.3 is 10.0 Å². The highest BCUT2D eigenvalue weighted by Gasteiger charge is 2.12. The molecule has 0 unspecified atom stereocenters. The first-order valence-electron chi connectivity index (χ1n) is 8.29. The van der Waals surface area contributed by atoms with E-state index in [9.17, 15) is 5.11 Å². The SMILES string of the molecule is CCCn1ncc2nc(-c3ccc(O)c(CN(C)C)c3)cc(C)c21. The van der Waals surface area contributed by atoms with E-state index < -0.39 is 0 Å². The summed E-state index contributed by atoms with van der Waals surface area (Å²) in [4.78, 5) is 6.82. The van der Waals surface area contributed by atoms with Crippen molar-refractivity contribution in [3.8, 4) is 17.0 Å². The van der Waals surface area contributed by atoms with Crippen LogP contribution in [0.4, 0.5) is 0 Å². The van der Waals surface area contributed by atoms with Crippen LogP contribution in [0.5, 0.6) is 5.75 Å². The molecule has 126 valence electrons. The molecule has 3 aromatic rings. The third-order valence-electron chi connectivity index (χ3n) is 4.09. The van der Waals surface area contributed by atoms with Gasteiger partial charge in [0, 0.05) is 24.2 Å². The normalized spacial score (nSPS) is 11.5. The van der Waals surface area contributed by atoms with Crippen molar-refractivity contribution < 1.29 is 5.11 Å². The van der Waals surface area contributed by atoms with Crippen molar-refractivity contribution in [3.05, 3.63) is 41.6 Å². The topological polar surface area (TPSA) is 54.2 Å². The van der Waals surface area contributed by atoms with E-state index in [1.807, 2.05) is 42.0 Å². The number of phenols is 1. The predicted molar refractivity (Wildman–Crippen MR) is 97.0 cm³/mol. The smallest absolute Gasteiger partial charge is 0.120 e. The van der Waals surface area contributed by atoms with Crippen molar-refractivity contribution in [2.45, 2.75) is 33.4 Å². The number of nitrogens with zero attached hydrogens (tertiary/aromatic N) is 4. The largest absolute Gasteiger partial charge is 0.508 e. The summed E-state index contributed by atoms with van der Waals surface area (Å²) in [5, 5.41) is 14.5. The van der Waals surface area contributed by atoms with Gasteiger partial charge in [-0.25, -0.2) is 4.98 Å². The standard InChI is InChI=1S/C19H24N4O/c1-5-8-23-19-13(2)9-16(21-17(19)11-20-23)14-6-7-18(24)15(10-14)12-22(3)4/h6-7,9-11,24H,5,8,12H2,1-4H3. The average molecular weight is 324 g/mol. The maximum atomic E-state index is 10.1. The van der Waals surface area contributed by atoms with Crippen LogP contribution in [0.25, 0.3) is 22.3 Å². The van der Waals surface area contributed by atoms with Gasteiger partial charge in [0.05, 0.1) is 17.4 Å². The Kier molecular flexibility index (Phi) is 4.53. The van der Waals surface area contributed by atoms with Crippen molar-refractivity contribution >= 4 is 11.0 Å². The van der Waals surface area contributed by atoms with E-state index >= 15 is 0 Å². The van der Waals surface area contributed by atoms with Gasteiger partial charge in [-0.2, -0.15) is 5.10 Å². The molecule has 0 saturated heterocycles. The molecule has 0 bridgehead atoms. The lowest BCUT2D eigenvalue weighted by Gasteiger charge is -2.13. The summed E-state index contributed by atoms with van der Waals surface area (Å²) in [5.41, 5.74) is 6.02. The van der Waals surface area contributed by atoms with E-state index in [1.165, 1.54) is 5.56 Å². The number of aryl methyl sites for hydroxylation is 2. The highest BCUT2D eigenvalue weighted by Crippen LogP contribution is 2.28. The molecule has 0 aliphatic carbocycles. The van der Waals surface area contributed by atoms with E-state index in [1.54, 1.807) is 6.07 Å². The van der Waals surface area contributed by atoms with Crippen LogP contribution in [0.15, 0.2) is 30.5 Å². The molecule has 3 rings (SSSR count). The Balaban J connectivity index is 2.07. The van der Waals surface area contributed by atoms with Gasteiger partial charge >= 0.3 is 0 Å². The summed E-state index contributed by atoms with van der Waals surface area (Å²) in [6, 6.07) is 7.77. The number of hydrogen-bond acceptors (Lipinski definition) is 4. The van der Waals surface area contributed by atoms with E-state index in [4.69, 9.17) is 4.98 Å². The lowest BCUT2D eigenvalue weighted by molar-refractivity contribution is 0.386. The zero-order valence-corrected chi connectivity index (χ0v) is 14.7. The minimum absolute atomic E-state index is 0.320. The molecular formula is C19H24N4O. The van der Waals surface area contributed by atoms with Crippen LogP contribution in [0.3, 0.4) is 0 Å².